The fourth-order valence-corrected chi connectivity index (χ4v) is 1.86. The highest BCUT2D eigenvalue weighted by atomic mass is 79.9. The standard InChI is InChI=1S/C13H20BrNO2/c1-10(2)9-16-5-6-17-13-4-3-11(8-15)7-12(13)14/h3-4,7,10H,5-6,8-9,15H2,1-2H3. The Morgan fingerprint density at radius 2 is 2.06 bits per heavy atom. The van der Waals surface area contributed by atoms with Crippen LogP contribution in [0, 0.1) is 5.92 Å². The van der Waals surface area contributed by atoms with Gasteiger partial charge in [0.15, 0.2) is 0 Å². The first kappa shape index (κ1) is 14.5. The molecule has 0 saturated heterocycles. The van der Waals surface area contributed by atoms with E-state index in [-0.39, 0.29) is 0 Å². The molecule has 0 atom stereocenters. The van der Waals surface area contributed by atoms with E-state index in [0.29, 0.717) is 25.7 Å². The van der Waals surface area contributed by atoms with Crippen LogP contribution in [-0.2, 0) is 11.3 Å². The van der Waals surface area contributed by atoms with Crippen molar-refractivity contribution in [2.75, 3.05) is 19.8 Å². The number of halogens is 1. The van der Waals surface area contributed by atoms with Crippen molar-refractivity contribution >= 4 is 15.9 Å². The summed E-state index contributed by atoms with van der Waals surface area (Å²) in [6.07, 6.45) is 0. The Balaban J connectivity index is 2.32. The average Bonchev–Trinajstić information content (AvgIpc) is 2.30. The van der Waals surface area contributed by atoms with Crippen LogP contribution in [0.2, 0.25) is 0 Å². The predicted octanol–water partition coefficient (Wildman–Crippen LogP) is 2.96. The monoisotopic (exact) mass is 301 g/mol. The third-order valence-corrected chi connectivity index (χ3v) is 2.79. The number of ether oxygens (including phenoxy) is 2. The van der Waals surface area contributed by atoms with Gasteiger partial charge in [-0.2, -0.15) is 0 Å². The highest BCUT2D eigenvalue weighted by Gasteiger charge is 2.02. The Morgan fingerprint density at radius 3 is 2.65 bits per heavy atom. The highest BCUT2D eigenvalue weighted by molar-refractivity contribution is 9.10. The SMILES string of the molecule is CC(C)COCCOc1ccc(CN)cc1Br. The molecule has 0 spiro atoms. The van der Waals surface area contributed by atoms with E-state index in [2.05, 4.69) is 29.8 Å². The lowest BCUT2D eigenvalue weighted by Crippen LogP contribution is -2.10. The minimum atomic E-state index is 0.538. The fraction of sp³-hybridized carbons (Fsp3) is 0.538. The van der Waals surface area contributed by atoms with E-state index in [1.807, 2.05) is 18.2 Å². The first-order valence-corrected chi connectivity index (χ1v) is 6.61. The van der Waals surface area contributed by atoms with Gasteiger partial charge in [-0.25, -0.2) is 0 Å². The summed E-state index contributed by atoms with van der Waals surface area (Å²) in [7, 11) is 0. The summed E-state index contributed by atoms with van der Waals surface area (Å²) in [4.78, 5) is 0. The molecular formula is C13H20BrNO2. The third kappa shape index (κ3) is 5.52. The largest absolute Gasteiger partial charge is 0.490 e. The first-order valence-electron chi connectivity index (χ1n) is 5.82. The number of hydrogen-bond donors (Lipinski definition) is 1. The average molecular weight is 302 g/mol. The molecule has 1 rings (SSSR count). The van der Waals surface area contributed by atoms with Crippen LogP contribution in [0.15, 0.2) is 22.7 Å². The van der Waals surface area contributed by atoms with Crippen molar-refractivity contribution in [3.8, 4) is 5.75 Å². The summed E-state index contributed by atoms with van der Waals surface area (Å²) in [5.41, 5.74) is 6.64. The summed E-state index contributed by atoms with van der Waals surface area (Å²) >= 11 is 3.46. The number of rotatable bonds is 7. The van der Waals surface area contributed by atoms with Crippen LogP contribution in [0.1, 0.15) is 19.4 Å². The Bertz CT molecular complexity index is 342. The highest BCUT2D eigenvalue weighted by Crippen LogP contribution is 2.25. The van der Waals surface area contributed by atoms with E-state index < -0.39 is 0 Å². The molecule has 0 heterocycles. The van der Waals surface area contributed by atoms with Gasteiger partial charge in [-0.05, 0) is 39.5 Å². The smallest absolute Gasteiger partial charge is 0.133 e. The van der Waals surface area contributed by atoms with Crippen molar-refractivity contribution in [2.24, 2.45) is 11.7 Å². The Kier molecular flexibility index (Phi) is 6.55. The number of benzene rings is 1. The summed E-state index contributed by atoms with van der Waals surface area (Å²) in [5.74, 6) is 1.39. The zero-order chi connectivity index (χ0) is 12.7. The van der Waals surface area contributed by atoms with Gasteiger partial charge in [0.1, 0.15) is 12.4 Å². The maximum absolute atomic E-state index is 5.61. The lowest BCUT2D eigenvalue weighted by molar-refractivity contribution is 0.0817. The summed E-state index contributed by atoms with van der Waals surface area (Å²) in [6.45, 7) is 6.75. The van der Waals surface area contributed by atoms with E-state index in [9.17, 15) is 0 Å². The van der Waals surface area contributed by atoms with Crippen LogP contribution < -0.4 is 10.5 Å². The van der Waals surface area contributed by atoms with Crippen molar-refractivity contribution in [3.63, 3.8) is 0 Å². The lowest BCUT2D eigenvalue weighted by Gasteiger charge is -2.10. The molecule has 0 aliphatic carbocycles. The van der Waals surface area contributed by atoms with Crippen LogP contribution in [0.5, 0.6) is 5.75 Å². The van der Waals surface area contributed by atoms with Gasteiger partial charge in [0.05, 0.1) is 11.1 Å². The molecule has 0 saturated carbocycles. The number of hydrogen-bond acceptors (Lipinski definition) is 3. The maximum atomic E-state index is 5.61. The van der Waals surface area contributed by atoms with Gasteiger partial charge < -0.3 is 15.2 Å². The molecule has 0 aliphatic heterocycles. The normalized spacial score (nSPS) is 10.9. The molecule has 1 aromatic rings. The van der Waals surface area contributed by atoms with Crippen molar-refractivity contribution in [2.45, 2.75) is 20.4 Å². The molecule has 0 radical (unpaired) electrons. The van der Waals surface area contributed by atoms with Gasteiger partial charge in [-0.15, -0.1) is 0 Å². The number of nitrogens with two attached hydrogens (primary N) is 1. The molecule has 0 fully saturated rings. The van der Waals surface area contributed by atoms with Crippen LogP contribution in [0.4, 0.5) is 0 Å². The van der Waals surface area contributed by atoms with Gasteiger partial charge in [-0.1, -0.05) is 19.9 Å². The van der Waals surface area contributed by atoms with Gasteiger partial charge in [0.2, 0.25) is 0 Å². The summed E-state index contributed by atoms with van der Waals surface area (Å²) in [5, 5.41) is 0. The van der Waals surface area contributed by atoms with Crippen LogP contribution in [0.25, 0.3) is 0 Å². The van der Waals surface area contributed by atoms with Crippen molar-refractivity contribution in [1.82, 2.24) is 0 Å². The predicted molar refractivity (Wildman–Crippen MR) is 73.2 cm³/mol. The zero-order valence-corrected chi connectivity index (χ0v) is 12.0. The Hall–Kier alpha value is -0.580. The first-order chi connectivity index (χ1) is 8.13. The molecule has 4 heteroatoms. The molecule has 0 amide bonds. The molecule has 0 aromatic heterocycles. The van der Waals surface area contributed by atoms with Crippen LogP contribution in [-0.4, -0.2) is 19.8 Å². The zero-order valence-electron chi connectivity index (χ0n) is 10.4. The van der Waals surface area contributed by atoms with Crippen LogP contribution >= 0.6 is 15.9 Å². The van der Waals surface area contributed by atoms with Gasteiger partial charge in [-0.3, -0.25) is 0 Å². The molecule has 96 valence electrons. The maximum Gasteiger partial charge on any atom is 0.133 e. The Labute approximate surface area is 111 Å². The molecule has 3 nitrogen and oxygen atoms in total. The molecule has 2 N–H and O–H groups in total. The second kappa shape index (κ2) is 7.69. The van der Waals surface area contributed by atoms with Gasteiger partial charge >= 0.3 is 0 Å². The molecule has 0 aliphatic rings. The van der Waals surface area contributed by atoms with E-state index in [4.69, 9.17) is 15.2 Å². The minimum absolute atomic E-state index is 0.538. The quantitative estimate of drug-likeness (QED) is 0.788. The molecule has 0 unspecified atom stereocenters. The van der Waals surface area contributed by atoms with Crippen molar-refractivity contribution in [1.29, 1.82) is 0 Å². The minimum Gasteiger partial charge on any atom is -0.490 e. The lowest BCUT2D eigenvalue weighted by atomic mass is 10.2. The summed E-state index contributed by atoms with van der Waals surface area (Å²) < 4.78 is 12.0. The van der Waals surface area contributed by atoms with Gasteiger partial charge in [0, 0.05) is 13.2 Å². The van der Waals surface area contributed by atoms with Gasteiger partial charge in [0.25, 0.3) is 0 Å². The van der Waals surface area contributed by atoms with E-state index >= 15 is 0 Å². The fourth-order valence-electron chi connectivity index (χ4n) is 1.32. The van der Waals surface area contributed by atoms with Crippen LogP contribution in [0.3, 0.4) is 0 Å². The molecular weight excluding hydrogens is 282 g/mol. The van der Waals surface area contributed by atoms with E-state index in [0.717, 1.165) is 22.4 Å². The molecule has 17 heavy (non-hydrogen) atoms. The van der Waals surface area contributed by atoms with Crippen molar-refractivity contribution < 1.29 is 9.47 Å². The molecule has 0 bridgehead atoms. The second-order valence-corrected chi connectivity index (χ2v) is 5.14. The summed E-state index contributed by atoms with van der Waals surface area (Å²) in [6, 6.07) is 5.87. The third-order valence-electron chi connectivity index (χ3n) is 2.17. The van der Waals surface area contributed by atoms with Crippen molar-refractivity contribution in [3.05, 3.63) is 28.2 Å². The second-order valence-electron chi connectivity index (χ2n) is 4.29. The Morgan fingerprint density at radius 1 is 1.29 bits per heavy atom. The topological polar surface area (TPSA) is 44.5 Å². The molecule has 1 aromatic carbocycles. The van der Waals surface area contributed by atoms with E-state index in [1.54, 1.807) is 0 Å². The van der Waals surface area contributed by atoms with E-state index in [1.165, 1.54) is 0 Å².